The molecule has 2 rings (SSSR count). The fourth-order valence-corrected chi connectivity index (χ4v) is 3.42. The number of hydrogen-bond acceptors (Lipinski definition) is 0. The van der Waals surface area contributed by atoms with E-state index in [1.807, 2.05) is 0 Å². The molecule has 0 radical (unpaired) electrons. The van der Waals surface area contributed by atoms with E-state index in [0.717, 1.165) is 0 Å². The fraction of sp³-hybridized carbons (Fsp3) is 0.417. The lowest BCUT2D eigenvalue weighted by molar-refractivity contribution is 0.490. The third-order valence-corrected chi connectivity index (χ3v) is 5.57. The first kappa shape index (κ1) is 18.5. The van der Waals surface area contributed by atoms with Crippen molar-refractivity contribution >= 4 is 5.57 Å². The van der Waals surface area contributed by atoms with Gasteiger partial charge in [0.05, 0.1) is 0 Å². The van der Waals surface area contributed by atoms with Crippen LogP contribution < -0.4 is 0 Å². The van der Waals surface area contributed by atoms with E-state index >= 15 is 0 Å². The van der Waals surface area contributed by atoms with Crippen LogP contribution in [0.5, 0.6) is 0 Å². The first-order valence-electron chi connectivity index (χ1n) is 9.06. The molecule has 0 N–H and O–H groups in total. The van der Waals surface area contributed by atoms with E-state index in [-0.39, 0.29) is 0 Å². The molecule has 0 amide bonds. The molecule has 0 fully saturated rings. The lowest BCUT2D eigenvalue weighted by Gasteiger charge is -2.26. The van der Waals surface area contributed by atoms with Crippen molar-refractivity contribution in [1.29, 1.82) is 0 Å². The van der Waals surface area contributed by atoms with Crippen LogP contribution in [0.1, 0.15) is 58.6 Å². The lowest BCUT2D eigenvalue weighted by atomic mass is 9.78. The Morgan fingerprint density at radius 3 is 2.08 bits per heavy atom. The van der Waals surface area contributed by atoms with Gasteiger partial charge < -0.3 is 0 Å². The molecule has 0 aliphatic heterocycles. The van der Waals surface area contributed by atoms with Gasteiger partial charge in [0.1, 0.15) is 0 Å². The van der Waals surface area contributed by atoms with Crippen molar-refractivity contribution in [1.82, 2.24) is 0 Å². The van der Waals surface area contributed by atoms with Crippen LogP contribution in [0.2, 0.25) is 0 Å². The first-order chi connectivity index (χ1) is 11.2. The van der Waals surface area contributed by atoms with Gasteiger partial charge in [-0.3, -0.25) is 0 Å². The van der Waals surface area contributed by atoms with Crippen LogP contribution in [0.3, 0.4) is 0 Å². The average Bonchev–Trinajstić information content (AvgIpc) is 2.94. The van der Waals surface area contributed by atoms with Crippen molar-refractivity contribution in [2.45, 2.75) is 47.5 Å². The zero-order valence-corrected chi connectivity index (χ0v) is 16.2. The van der Waals surface area contributed by atoms with E-state index in [9.17, 15) is 0 Å². The topological polar surface area (TPSA) is 0 Å². The predicted octanol–water partition coefficient (Wildman–Crippen LogP) is 7.17. The fourth-order valence-electron chi connectivity index (χ4n) is 3.42. The van der Waals surface area contributed by atoms with Gasteiger partial charge in [-0.2, -0.15) is 0 Å². The van der Waals surface area contributed by atoms with E-state index in [2.05, 4.69) is 91.1 Å². The predicted molar refractivity (Wildman–Crippen MR) is 108 cm³/mol. The molecule has 0 aromatic heterocycles. The molecule has 1 aliphatic rings. The molecule has 1 aromatic carbocycles. The van der Waals surface area contributed by atoms with Crippen LogP contribution in [0.4, 0.5) is 0 Å². The Hall–Kier alpha value is -1.82. The Morgan fingerprint density at radius 2 is 1.58 bits per heavy atom. The minimum absolute atomic E-state index is 0.392. The second-order valence-corrected chi connectivity index (χ2v) is 7.76. The number of benzene rings is 1. The monoisotopic (exact) mass is 320 g/mol. The molecule has 128 valence electrons. The van der Waals surface area contributed by atoms with E-state index in [1.165, 1.54) is 33.4 Å². The normalized spacial score (nSPS) is 19.7. The minimum atomic E-state index is 0.392. The zero-order chi connectivity index (χ0) is 18.0. The minimum Gasteiger partial charge on any atom is -0.0998 e. The molecule has 0 saturated heterocycles. The molecule has 0 spiro atoms. The zero-order valence-electron chi connectivity index (χ0n) is 16.2. The van der Waals surface area contributed by atoms with Crippen LogP contribution in [-0.4, -0.2) is 0 Å². The molecule has 0 bridgehead atoms. The lowest BCUT2D eigenvalue weighted by Crippen LogP contribution is -2.15. The third kappa shape index (κ3) is 3.80. The number of rotatable bonds is 6. The highest BCUT2D eigenvalue weighted by Crippen LogP contribution is 2.41. The molecule has 0 saturated carbocycles. The van der Waals surface area contributed by atoms with Crippen LogP contribution in [-0.2, 0) is 0 Å². The van der Waals surface area contributed by atoms with E-state index in [1.54, 1.807) is 0 Å². The van der Waals surface area contributed by atoms with Crippen molar-refractivity contribution in [2.24, 2.45) is 17.8 Å². The van der Waals surface area contributed by atoms with Crippen molar-refractivity contribution in [2.75, 3.05) is 0 Å². The molecule has 2 unspecified atom stereocenters. The highest BCUT2D eigenvalue weighted by atomic mass is 14.3. The third-order valence-electron chi connectivity index (χ3n) is 5.57. The SMILES string of the molecule is C=C(c1ccc(C2C=C(C)C=C2[C@@H](C)C(C)C(=C)C)cc1)C(C)C. The van der Waals surface area contributed by atoms with Gasteiger partial charge in [0.2, 0.25) is 0 Å². The summed E-state index contributed by atoms with van der Waals surface area (Å²) in [5.41, 5.74) is 7.97. The highest BCUT2D eigenvalue weighted by molar-refractivity contribution is 5.65. The maximum atomic E-state index is 4.22. The number of allylic oxidation sites excluding steroid dienone is 6. The van der Waals surface area contributed by atoms with Gasteiger partial charge in [0.25, 0.3) is 0 Å². The van der Waals surface area contributed by atoms with E-state index < -0.39 is 0 Å². The van der Waals surface area contributed by atoms with Gasteiger partial charge >= 0.3 is 0 Å². The van der Waals surface area contributed by atoms with Gasteiger partial charge in [-0.15, -0.1) is 0 Å². The molecular weight excluding hydrogens is 288 g/mol. The molecule has 1 aliphatic carbocycles. The Balaban J connectivity index is 2.28. The molecule has 0 nitrogen and oxygen atoms in total. The van der Waals surface area contributed by atoms with Crippen LogP contribution in [0.15, 0.2) is 66.3 Å². The molecule has 3 atom stereocenters. The summed E-state index contributed by atoms with van der Waals surface area (Å²) in [4.78, 5) is 0. The second kappa shape index (κ2) is 7.38. The smallest absolute Gasteiger partial charge is 0.0240 e. The summed E-state index contributed by atoms with van der Waals surface area (Å²) < 4.78 is 0. The Morgan fingerprint density at radius 1 is 1.00 bits per heavy atom. The van der Waals surface area contributed by atoms with Gasteiger partial charge in [-0.1, -0.05) is 94.0 Å². The number of hydrogen-bond donors (Lipinski definition) is 0. The van der Waals surface area contributed by atoms with Gasteiger partial charge in [0, 0.05) is 5.92 Å². The molecule has 24 heavy (non-hydrogen) atoms. The van der Waals surface area contributed by atoms with Crippen LogP contribution in [0, 0.1) is 17.8 Å². The van der Waals surface area contributed by atoms with Crippen molar-refractivity contribution in [3.05, 3.63) is 77.4 Å². The van der Waals surface area contributed by atoms with Crippen molar-refractivity contribution in [3.8, 4) is 0 Å². The highest BCUT2D eigenvalue weighted by Gasteiger charge is 2.27. The quantitative estimate of drug-likeness (QED) is 0.487. The summed E-state index contributed by atoms with van der Waals surface area (Å²) in [5.74, 6) is 1.88. The van der Waals surface area contributed by atoms with Gasteiger partial charge in [-0.25, -0.2) is 0 Å². The van der Waals surface area contributed by atoms with E-state index in [4.69, 9.17) is 0 Å². The molecular formula is C24H32. The van der Waals surface area contributed by atoms with Crippen molar-refractivity contribution in [3.63, 3.8) is 0 Å². The summed E-state index contributed by atoms with van der Waals surface area (Å²) in [7, 11) is 0. The average molecular weight is 321 g/mol. The molecule has 1 aromatic rings. The summed E-state index contributed by atoms with van der Waals surface area (Å²) in [5, 5.41) is 0. The maximum absolute atomic E-state index is 4.22. The maximum Gasteiger partial charge on any atom is 0.0240 e. The summed E-state index contributed by atoms with van der Waals surface area (Å²) in [6.07, 6.45) is 4.76. The Bertz CT molecular complexity index is 679. The molecule has 0 heterocycles. The van der Waals surface area contributed by atoms with E-state index in [0.29, 0.717) is 23.7 Å². The Labute approximate surface area is 148 Å². The summed E-state index contributed by atoms with van der Waals surface area (Å²) >= 11 is 0. The van der Waals surface area contributed by atoms with Gasteiger partial charge in [0.15, 0.2) is 0 Å². The van der Waals surface area contributed by atoms with Crippen LogP contribution >= 0.6 is 0 Å². The summed E-state index contributed by atoms with van der Waals surface area (Å²) in [6, 6.07) is 9.00. The molecule has 0 heteroatoms. The van der Waals surface area contributed by atoms with Gasteiger partial charge in [-0.05, 0) is 48.3 Å². The summed E-state index contributed by atoms with van der Waals surface area (Å²) in [6.45, 7) is 21.7. The standard InChI is InChI=1S/C24H32/c1-15(2)18(6)20(8)23-13-17(5)14-24(23)22-11-9-21(10-12-22)19(7)16(3)4/h9-14,16,18,20,24H,1,7H2,2-6,8H3/t18?,20-,24?/m0/s1. The van der Waals surface area contributed by atoms with Crippen molar-refractivity contribution < 1.29 is 0 Å². The first-order valence-corrected chi connectivity index (χ1v) is 9.06. The van der Waals surface area contributed by atoms with Crippen LogP contribution in [0.25, 0.3) is 5.57 Å². The second-order valence-electron chi connectivity index (χ2n) is 7.76. The Kier molecular flexibility index (Phi) is 5.70. The largest absolute Gasteiger partial charge is 0.0998 e.